The standard InChI is InChI=1S/C14H17N3O2/c15-5-7-19-9-3-4-12-11(8-9)13-10(14(18)17-12)2-1-6-16-13/h3-4,8,16H,1-2,5-7,15H2,(H,17,18). The summed E-state index contributed by atoms with van der Waals surface area (Å²) in [5, 5.41) is 4.33. The van der Waals surface area contributed by atoms with Gasteiger partial charge in [0.15, 0.2) is 0 Å². The van der Waals surface area contributed by atoms with Crippen molar-refractivity contribution in [2.24, 2.45) is 5.73 Å². The van der Waals surface area contributed by atoms with Crippen molar-refractivity contribution < 1.29 is 4.74 Å². The Balaban J connectivity index is 2.15. The maximum absolute atomic E-state index is 12.0. The maximum atomic E-state index is 12.0. The minimum Gasteiger partial charge on any atom is -0.492 e. The predicted octanol–water partition coefficient (Wildman–Crippen LogP) is 1.22. The molecule has 0 unspecified atom stereocenters. The van der Waals surface area contributed by atoms with Crippen LogP contribution in [0.2, 0.25) is 0 Å². The van der Waals surface area contributed by atoms with Gasteiger partial charge < -0.3 is 20.8 Å². The maximum Gasteiger partial charge on any atom is 0.253 e. The minimum atomic E-state index is 0.00493. The molecule has 0 spiro atoms. The van der Waals surface area contributed by atoms with Gasteiger partial charge in [0.1, 0.15) is 12.4 Å². The van der Waals surface area contributed by atoms with Crippen LogP contribution in [0.4, 0.5) is 5.69 Å². The van der Waals surface area contributed by atoms with Crippen LogP contribution in [-0.2, 0) is 6.42 Å². The van der Waals surface area contributed by atoms with Crippen molar-refractivity contribution in [2.45, 2.75) is 12.8 Å². The summed E-state index contributed by atoms with van der Waals surface area (Å²) in [4.78, 5) is 14.9. The van der Waals surface area contributed by atoms with Crippen LogP contribution in [0.15, 0.2) is 23.0 Å². The Hall–Kier alpha value is -2.01. The Morgan fingerprint density at radius 1 is 1.37 bits per heavy atom. The summed E-state index contributed by atoms with van der Waals surface area (Å²) < 4.78 is 5.54. The Kier molecular flexibility index (Phi) is 3.13. The Labute approximate surface area is 110 Å². The van der Waals surface area contributed by atoms with E-state index in [4.69, 9.17) is 10.5 Å². The van der Waals surface area contributed by atoms with E-state index in [0.717, 1.165) is 47.3 Å². The zero-order valence-corrected chi connectivity index (χ0v) is 10.7. The molecule has 2 aromatic rings. The van der Waals surface area contributed by atoms with Crippen LogP contribution < -0.4 is 21.3 Å². The molecule has 5 heteroatoms. The summed E-state index contributed by atoms with van der Waals surface area (Å²) in [6, 6.07) is 5.68. The molecule has 1 aliphatic rings. The van der Waals surface area contributed by atoms with Gasteiger partial charge in [-0.2, -0.15) is 0 Å². The van der Waals surface area contributed by atoms with Gasteiger partial charge in [0.05, 0.1) is 11.2 Å². The predicted molar refractivity (Wildman–Crippen MR) is 75.9 cm³/mol. The van der Waals surface area contributed by atoms with Gasteiger partial charge in [-0.15, -0.1) is 0 Å². The number of nitrogens with two attached hydrogens (primary N) is 1. The molecule has 0 aliphatic carbocycles. The topological polar surface area (TPSA) is 80.1 Å². The molecule has 1 aliphatic heterocycles. The fourth-order valence-corrected chi connectivity index (χ4v) is 2.50. The molecule has 3 rings (SSSR count). The Morgan fingerprint density at radius 2 is 2.26 bits per heavy atom. The van der Waals surface area contributed by atoms with Gasteiger partial charge in [0.2, 0.25) is 0 Å². The summed E-state index contributed by atoms with van der Waals surface area (Å²) in [6.07, 6.45) is 1.81. The molecule has 0 atom stereocenters. The van der Waals surface area contributed by atoms with Crippen molar-refractivity contribution in [3.63, 3.8) is 0 Å². The number of nitrogens with one attached hydrogen (secondary N) is 2. The molecule has 1 aromatic carbocycles. The molecule has 5 nitrogen and oxygen atoms in total. The first-order valence-corrected chi connectivity index (χ1v) is 6.55. The lowest BCUT2D eigenvalue weighted by Crippen LogP contribution is -2.22. The van der Waals surface area contributed by atoms with E-state index in [1.165, 1.54) is 0 Å². The van der Waals surface area contributed by atoms with Gasteiger partial charge in [0.25, 0.3) is 5.56 Å². The van der Waals surface area contributed by atoms with Gasteiger partial charge in [-0.1, -0.05) is 0 Å². The number of anilines is 1. The fourth-order valence-electron chi connectivity index (χ4n) is 2.50. The molecule has 19 heavy (non-hydrogen) atoms. The van der Waals surface area contributed by atoms with Crippen molar-refractivity contribution in [3.05, 3.63) is 34.1 Å². The number of ether oxygens (including phenoxy) is 1. The van der Waals surface area contributed by atoms with Crippen molar-refractivity contribution in [1.82, 2.24) is 4.98 Å². The van der Waals surface area contributed by atoms with Crippen molar-refractivity contribution >= 4 is 16.6 Å². The normalized spacial score (nSPS) is 13.9. The highest BCUT2D eigenvalue weighted by molar-refractivity contribution is 5.94. The summed E-state index contributed by atoms with van der Waals surface area (Å²) >= 11 is 0. The highest BCUT2D eigenvalue weighted by Gasteiger charge is 2.16. The highest BCUT2D eigenvalue weighted by atomic mass is 16.5. The second-order valence-electron chi connectivity index (χ2n) is 4.68. The number of benzene rings is 1. The van der Waals surface area contributed by atoms with E-state index in [0.29, 0.717) is 13.2 Å². The fraction of sp³-hybridized carbons (Fsp3) is 0.357. The molecule has 0 fully saturated rings. The number of aromatic nitrogens is 1. The molecule has 0 saturated heterocycles. The molecule has 2 heterocycles. The van der Waals surface area contributed by atoms with Crippen LogP contribution in [0.25, 0.3) is 10.9 Å². The largest absolute Gasteiger partial charge is 0.492 e. The Bertz CT molecular complexity index is 664. The first-order valence-electron chi connectivity index (χ1n) is 6.55. The average Bonchev–Trinajstić information content (AvgIpc) is 2.46. The minimum absolute atomic E-state index is 0.00493. The van der Waals surface area contributed by atoms with Gasteiger partial charge in [0, 0.05) is 24.0 Å². The zero-order valence-electron chi connectivity index (χ0n) is 10.7. The van der Waals surface area contributed by atoms with E-state index >= 15 is 0 Å². The molecule has 0 saturated carbocycles. The van der Waals surface area contributed by atoms with E-state index in [-0.39, 0.29) is 5.56 Å². The van der Waals surface area contributed by atoms with Gasteiger partial charge in [-0.25, -0.2) is 0 Å². The van der Waals surface area contributed by atoms with E-state index in [9.17, 15) is 4.79 Å². The van der Waals surface area contributed by atoms with Crippen LogP contribution in [0.3, 0.4) is 0 Å². The molecular weight excluding hydrogens is 242 g/mol. The summed E-state index contributed by atoms with van der Waals surface area (Å²) in [5.74, 6) is 0.777. The summed E-state index contributed by atoms with van der Waals surface area (Å²) in [5.41, 5.74) is 8.06. The van der Waals surface area contributed by atoms with E-state index in [1.807, 2.05) is 18.2 Å². The molecule has 1 aromatic heterocycles. The number of fused-ring (bicyclic) bond motifs is 3. The zero-order chi connectivity index (χ0) is 13.2. The van der Waals surface area contributed by atoms with Crippen LogP contribution in [0, 0.1) is 0 Å². The molecule has 0 amide bonds. The number of H-pyrrole nitrogens is 1. The second-order valence-corrected chi connectivity index (χ2v) is 4.68. The SMILES string of the molecule is NCCOc1ccc2[nH]c(=O)c3c(c2c1)NCCC3. The highest BCUT2D eigenvalue weighted by Crippen LogP contribution is 2.30. The first kappa shape index (κ1) is 12.0. The molecule has 0 radical (unpaired) electrons. The number of rotatable bonds is 3. The average molecular weight is 259 g/mol. The monoisotopic (exact) mass is 259 g/mol. The molecule has 4 N–H and O–H groups in total. The van der Waals surface area contributed by atoms with Crippen molar-refractivity contribution in [3.8, 4) is 5.75 Å². The van der Waals surface area contributed by atoms with Crippen molar-refractivity contribution in [2.75, 3.05) is 25.0 Å². The number of hydrogen-bond acceptors (Lipinski definition) is 4. The Morgan fingerprint density at radius 3 is 3.11 bits per heavy atom. The van der Waals surface area contributed by atoms with E-state index < -0.39 is 0 Å². The smallest absolute Gasteiger partial charge is 0.253 e. The lowest BCUT2D eigenvalue weighted by atomic mass is 10.0. The van der Waals surface area contributed by atoms with E-state index in [2.05, 4.69) is 10.3 Å². The van der Waals surface area contributed by atoms with Crippen LogP contribution in [0.5, 0.6) is 5.75 Å². The summed E-state index contributed by atoms with van der Waals surface area (Å²) in [7, 11) is 0. The van der Waals surface area contributed by atoms with Gasteiger partial charge >= 0.3 is 0 Å². The van der Waals surface area contributed by atoms with Crippen LogP contribution >= 0.6 is 0 Å². The third kappa shape index (κ3) is 2.17. The lowest BCUT2D eigenvalue weighted by molar-refractivity contribution is 0.329. The number of aromatic amines is 1. The van der Waals surface area contributed by atoms with E-state index in [1.54, 1.807) is 0 Å². The second kappa shape index (κ2) is 4.93. The quantitative estimate of drug-likeness (QED) is 0.774. The molecule has 100 valence electrons. The molecule has 0 bridgehead atoms. The van der Waals surface area contributed by atoms with Gasteiger partial charge in [-0.3, -0.25) is 4.79 Å². The van der Waals surface area contributed by atoms with Crippen molar-refractivity contribution in [1.29, 1.82) is 0 Å². The third-order valence-electron chi connectivity index (χ3n) is 3.38. The molecular formula is C14H17N3O2. The summed E-state index contributed by atoms with van der Waals surface area (Å²) in [6.45, 7) is 1.88. The third-order valence-corrected chi connectivity index (χ3v) is 3.38. The van der Waals surface area contributed by atoms with Crippen LogP contribution in [0.1, 0.15) is 12.0 Å². The van der Waals surface area contributed by atoms with Crippen LogP contribution in [-0.4, -0.2) is 24.7 Å². The first-order chi connectivity index (χ1) is 9.29. The van der Waals surface area contributed by atoms with Gasteiger partial charge in [-0.05, 0) is 31.0 Å². The number of hydrogen-bond donors (Lipinski definition) is 3. The lowest BCUT2D eigenvalue weighted by Gasteiger charge is -2.19. The number of pyridine rings is 1.